The lowest BCUT2D eigenvalue weighted by Crippen LogP contribution is -2.41. The molecule has 1 heterocycles. The van der Waals surface area contributed by atoms with Crippen LogP contribution in [0.4, 0.5) is 0 Å². The minimum absolute atomic E-state index is 0.0630. The van der Waals surface area contributed by atoms with Crippen LogP contribution in [-0.4, -0.2) is 30.4 Å². The van der Waals surface area contributed by atoms with E-state index >= 15 is 0 Å². The van der Waals surface area contributed by atoms with Crippen molar-refractivity contribution in [3.05, 3.63) is 71.8 Å². The Bertz CT molecular complexity index is 703. The van der Waals surface area contributed by atoms with Crippen molar-refractivity contribution in [1.82, 2.24) is 10.2 Å². The van der Waals surface area contributed by atoms with Crippen LogP contribution in [0.15, 0.2) is 60.7 Å². The first-order chi connectivity index (χ1) is 12.3. The number of rotatable bonds is 6. The lowest BCUT2D eigenvalue weighted by molar-refractivity contribution is -0.124. The van der Waals surface area contributed by atoms with Crippen LogP contribution in [0.5, 0.6) is 0 Å². The van der Waals surface area contributed by atoms with Gasteiger partial charge in [-0.1, -0.05) is 60.7 Å². The van der Waals surface area contributed by atoms with Gasteiger partial charge in [0.1, 0.15) is 0 Å². The fourth-order valence-corrected chi connectivity index (χ4v) is 3.97. The molecule has 0 bridgehead atoms. The minimum atomic E-state index is -0.306. The molecule has 1 unspecified atom stereocenters. The average molecular weight is 334 g/mol. The maximum absolute atomic E-state index is 13.2. The van der Waals surface area contributed by atoms with Gasteiger partial charge in [0.05, 0.1) is 11.5 Å². The number of amides is 1. The maximum atomic E-state index is 13.2. The second-order valence-electron chi connectivity index (χ2n) is 7.39. The van der Waals surface area contributed by atoms with Gasteiger partial charge in [-0.3, -0.25) is 4.79 Å². The molecule has 1 atom stereocenters. The Balaban J connectivity index is 1.53. The molecule has 1 aliphatic carbocycles. The summed E-state index contributed by atoms with van der Waals surface area (Å²) in [5.41, 5.74) is 2.05. The van der Waals surface area contributed by atoms with Crippen molar-refractivity contribution in [2.75, 3.05) is 19.6 Å². The summed E-state index contributed by atoms with van der Waals surface area (Å²) in [6.07, 6.45) is 4.44. The number of hydrogen-bond acceptors (Lipinski definition) is 2. The van der Waals surface area contributed by atoms with E-state index in [2.05, 4.69) is 46.6 Å². The largest absolute Gasteiger partial charge is 0.347 e. The molecule has 0 radical (unpaired) electrons. The van der Waals surface area contributed by atoms with Gasteiger partial charge in [0.25, 0.3) is 0 Å². The van der Waals surface area contributed by atoms with Crippen molar-refractivity contribution < 1.29 is 4.79 Å². The smallest absolute Gasteiger partial charge is 0.231 e. The van der Waals surface area contributed by atoms with E-state index in [9.17, 15) is 4.79 Å². The van der Waals surface area contributed by atoms with Gasteiger partial charge < -0.3 is 10.2 Å². The molecule has 4 rings (SSSR count). The Morgan fingerprint density at radius 1 is 0.960 bits per heavy atom. The summed E-state index contributed by atoms with van der Waals surface area (Å²) in [6.45, 7) is 3.19. The van der Waals surface area contributed by atoms with Gasteiger partial charge in [-0.05, 0) is 49.9 Å². The zero-order chi connectivity index (χ0) is 17.1. The third-order valence-electron chi connectivity index (χ3n) is 5.66. The molecule has 2 fully saturated rings. The summed E-state index contributed by atoms with van der Waals surface area (Å²) in [5, 5.41) is 3.38. The highest BCUT2D eigenvalue weighted by molar-refractivity contribution is 5.91. The third-order valence-corrected chi connectivity index (χ3v) is 5.66. The highest BCUT2D eigenvalue weighted by atomic mass is 16.2. The highest BCUT2D eigenvalue weighted by Gasteiger charge is 2.51. The van der Waals surface area contributed by atoms with Crippen molar-refractivity contribution in [2.45, 2.75) is 37.1 Å². The van der Waals surface area contributed by atoms with E-state index in [1.165, 1.54) is 18.4 Å². The van der Waals surface area contributed by atoms with E-state index in [1.807, 2.05) is 24.3 Å². The standard InChI is InChI=1S/C22H26N2O/c25-21(22(13-14-22)19-11-5-2-6-12-19)23-20(17-24-15-7-8-16-24)18-9-3-1-4-10-18/h1-6,9-12,20H,7-8,13-17H2,(H,23,25). The Morgan fingerprint density at radius 3 is 2.16 bits per heavy atom. The van der Waals surface area contributed by atoms with Crippen LogP contribution < -0.4 is 5.32 Å². The Labute approximate surface area is 150 Å². The highest BCUT2D eigenvalue weighted by Crippen LogP contribution is 2.48. The van der Waals surface area contributed by atoms with Gasteiger partial charge in [0, 0.05) is 6.54 Å². The SMILES string of the molecule is O=C(NC(CN1CCCC1)c1ccccc1)C1(c2ccccc2)CC1. The topological polar surface area (TPSA) is 32.3 Å². The van der Waals surface area contributed by atoms with Crippen LogP contribution in [0.1, 0.15) is 42.9 Å². The van der Waals surface area contributed by atoms with E-state index in [4.69, 9.17) is 0 Å². The quantitative estimate of drug-likeness (QED) is 0.874. The van der Waals surface area contributed by atoms with Crippen molar-refractivity contribution >= 4 is 5.91 Å². The van der Waals surface area contributed by atoms with Crippen molar-refractivity contribution in [3.63, 3.8) is 0 Å². The fourth-order valence-electron chi connectivity index (χ4n) is 3.97. The molecule has 2 aromatic rings. The lowest BCUT2D eigenvalue weighted by Gasteiger charge is -2.27. The predicted octanol–water partition coefficient (Wildman–Crippen LogP) is 3.67. The number of nitrogens with zero attached hydrogens (tertiary/aromatic N) is 1. The molecule has 25 heavy (non-hydrogen) atoms. The molecule has 1 aliphatic heterocycles. The second-order valence-corrected chi connectivity index (χ2v) is 7.39. The summed E-state index contributed by atoms with van der Waals surface area (Å²) >= 11 is 0. The van der Waals surface area contributed by atoms with Crippen molar-refractivity contribution in [3.8, 4) is 0 Å². The van der Waals surface area contributed by atoms with E-state index in [0.29, 0.717) is 0 Å². The molecule has 2 aromatic carbocycles. The van der Waals surface area contributed by atoms with Gasteiger partial charge >= 0.3 is 0 Å². The molecular formula is C22H26N2O. The van der Waals surface area contributed by atoms with Crippen molar-refractivity contribution in [2.24, 2.45) is 0 Å². The zero-order valence-corrected chi connectivity index (χ0v) is 14.7. The molecule has 1 N–H and O–H groups in total. The zero-order valence-electron chi connectivity index (χ0n) is 14.7. The molecule has 1 saturated carbocycles. The molecule has 0 aromatic heterocycles. The van der Waals surface area contributed by atoms with Gasteiger partial charge in [0.2, 0.25) is 5.91 Å². The molecule has 1 saturated heterocycles. The van der Waals surface area contributed by atoms with Crippen LogP contribution in [0, 0.1) is 0 Å². The minimum Gasteiger partial charge on any atom is -0.347 e. The monoisotopic (exact) mass is 334 g/mol. The van der Waals surface area contributed by atoms with E-state index in [1.54, 1.807) is 0 Å². The third kappa shape index (κ3) is 3.47. The molecule has 3 heteroatoms. The molecule has 0 spiro atoms. The van der Waals surface area contributed by atoms with Crippen LogP contribution >= 0.6 is 0 Å². The number of nitrogens with one attached hydrogen (secondary N) is 1. The molecular weight excluding hydrogens is 308 g/mol. The number of likely N-dealkylation sites (tertiary alicyclic amines) is 1. The van der Waals surface area contributed by atoms with E-state index < -0.39 is 0 Å². The van der Waals surface area contributed by atoms with Gasteiger partial charge in [-0.2, -0.15) is 0 Å². The predicted molar refractivity (Wildman–Crippen MR) is 100 cm³/mol. The Kier molecular flexibility index (Phi) is 4.58. The average Bonchev–Trinajstić information content (AvgIpc) is 3.33. The van der Waals surface area contributed by atoms with Crippen LogP contribution in [0.25, 0.3) is 0 Å². The summed E-state index contributed by atoms with van der Waals surface area (Å²) in [5.74, 6) is 0.187. The molecule has 2 aliphatic rings. The van der Waals surface area contributed by atoms with Crippen molar-refractivity contribution in [1.29, 1.82) is 0 Å². The summed E-state index contributed by atoms with van der Waals surface area (Å²) in [7, 11) is 0. The van der Waals surface area contributed by atoms with Crippen LogP contribution in [0.3, 0.4) is 0 Å². The number of carbonyl (C=O) groups excluding carboxylic acids is 1. The molecule has 3 nitrogen and oxygen atoms in total. The first-order valence-electron chi connectivity index (χ1n) is 9.42. The molecule has 130 valence electrons. The summed E-state index contributed by atoms with van der Waals surface area (Å²) in [6, 6.07) is 20.7. The molecule has 1 amide bonds. The Hall–Kier alpha value is -2.13. The maximum Gasteiger partial charge on any atom is 0.231 e. The number of hydrogen-bond donors (Lipinski definition) is 1. The summed E-state index contributed by atoms with van der Waals surface area (Å²) in [4.78, 5) is 15.6. The van der Waals surface area contributed by atoms with E-state index in [-0.39, 0.29) is 17.4 Å². The first-order valence-corrected chi connectivity index (χ1v) is 9.42. The first kappa shape index (κ1) is 16.3. The number of carbonyl (C=O) groups is 1. The summed E-state index contributed by atoms with van der Waals surface area (Å²) < 4.78 is 0. The van der Waals surface area contributed by atoms with Crippen LogP contribution in [0.2, 0.25) is 0 Å². The van der Waals surface area contributed by atoms with E-state index in [0.717, 1.165) is 38.0 Å². The van der Waals surface area contributed by atoms with Gasteiger partial charge in [0.15, 0.2) is 0 Å². The van der Waals surface area contributed by atoms with Gasteiger partial charge in [-0.15, -0.1) is 0 Å². The van der Waals surface area contributed by atoms with Crippen LogP contribution in [-0.2, 0) is 10.2 Å². The number of benzene rings is 2. The normalized spacial score (nSPS) is 20.2. The second kappa shape index (κ2) is 7.01. The van der Waals surface area contributed by atoms with Gasteiger partial charge in [-0.25, -0.2) is 0 Å². The lowest BCUT2D eigenvalue weighted by atomic mass is 9.94. The Morgan fingerprint density at radius 2 is 1.56 bits per heavy atom. The fraction of sp³-hybridized carbons (Fsp3) is 0.409.